The SMILES string of the molecule is CN(C)CCCN(CC(=O)O)c1ccccc1. The van der Waals surface area contributed by atoms with Gasteiger partial charge in [0.1, 0.15) is 6.54 Å². The Morgan fingerprint density at radius 3 is 2.35 bits per heavy atom. The largest absolute Gasteiger partial charge is 0.480 e. The molecule has 0 heterocycles. The monoisotopic (exact) mass is 236 g/mol. The van der Waals surface area contributed by atoms with Crippen LogP contribution < -0.4 is 4.90 Å². The van der Waals surface area contributed by atoms with Crippen LogP contribution in [-0.2, 0) is 4.79 Å². The summed E-state index contributed by atoms with van der Waals surface area (Å²) in [5.74, 6) is -0.793. The maximum atomic E-state index is 10.8. The zero-order chi connectivity index (χ0) is 12.7. The Labute approximate surface area is 102 Å². The van der Waals surface area contributed by atoms with Crippen molar-refractivity contribution in [1.29, 1.82) is 0 Å². The van der Waals surface area contributed by atoms with Gasteiger partial charge < -0.3 is 14.9 Å². The predicted molar refractivity (Wildman–Crippen MR) is 69.5 cm³/mol. The summed E-state index contributed by atoms with van der Waals surface area (Å²) in [5, 5.41) is 8.90. The van der Waals surface area contributed by atoms with Gasteiger partial charge in [0.2, 0.25) is 0 Å². The van der Waals surface area contributed by atoms with E-state index in [9.17, 15) is 4.79 Å². The number of carboxylic acids is 1. The Hall–Kier alpha value is -1.55. The lowest BCUT2D eigenvalue weighted by Gasteiger charge is -2.23. The van der Waals surface area contributed by atoms with Crippen LogP contribution in [0.4, 0.5) is 5.69 Å². The zero-order valence-electron chi connectivity index (χ0n) is 10.5. The Morgan fingerprint density at radius 1 is 1.18 bits per heavy atom. The van der Waals surface area contributed by atoms with Crippen molar-refractivity contribution in [1.82, 2.24) is 4.90 Å². The van der Waals surface area contributed by atoms with Gasteiger partial charge in [0.15, 0.2) is 0 Å². The van der Waals surface area contributed by atoms with Crippen LogP contribution in [0.5, 0.6) is 0 Å². The van der Waals surface area contributed by atoms with Gasteiger partial charge in [-0.2, -0.15) is 0 Å². The molecule has 0 atom stereocenters. The molecule has 0 saturated heterocycles. The van der Waals surface area contributed by atoms with Crippen molar-refractivity contribution < 1.29 is 9.90 Å². The molecule has 4 heteroatoms. The molecule has 1 N–H and O–H groups in total. The van der Waals surface area contributed by atoms with Crippen LogP contribution in [0.2, 0.25) is 0 Å². The summed E-state index contributed by atoms with van der Waals surface area (Å²) in [5.41, 5.74) is 0.966. The third-order valence-electron chi connectivity index (χ3n) is 2.48. The van der Waals surface area contributed by atoms with E-state index < -0.39 is 5.97 Å². The molecule has 0 unspecified atom stereocenters. The number of hydrogen-bond acceptors (Lipinski definition) is 3. The summed E-state index contributed by atoms with van der Waals surface area (Å²) in [4.78, 5) is 14.8. The van der Waals surface area contributed by atoms with Crippen molar-refractivity contribution in [3.05, 3.63) is 30.3 Å². The Kier molecular flexibility index (Phi) is 5.49. The highest BCUT2D eigenvalue weighted by Crippen LogP contribution is 2.13. The van der Waals surface area contributed by atoms with Crippen molar-refractivity contribution in [2.45, 2.75) is 6.42 Å². The molecule has 0 fully saturated rings. The first-order valence-electron chi connectivity index (χ1n) is 5.76. The van der Waals surface area contributed by atoms with E-state index >= 15 is 0 Å². The van der Waals surface area contributed by atoms with Crippen molar-refractivity contribution in [3.8, 4) is 0 Å². The molecule has 0 aliphatic heterocycles. The number of para-hydroxylation sites is 1. The molecule has 1 aromatic rings. The highest BCUT2D eigenvalue weighted by atomic mass is 16.4. The second-order valence-electron chi connectivity index (χ2n) is 4.31. The maximum absolute atomic E-state index is 10.8. The molecular weight excluding hydrogens is 216 g/mol. The van der Waals surface area contributed by atoms with E-state index in [1.807, 2.05) is 49.3 Å². The van der Waals surface area contributed by atoms with Crippen LogP contribution in [0.25, 0.3) is 0 Å². The molecule has 0 spiro atoms. The minimum atomic E-state index is -0.793. The van der Waals surface area contributed by atoms with E-state index in [0.717, 1.165) is 25.2 Å². The van der Waals surface area contributed by atoms with Gasteiger partial charge in [0, 0.05) is 12.2 Å². The maximum Gasteiger partial charge on any atom is 0.323 e. The average Bonchev–Trinajstić information content (AvgIpc) is 2.28. The molecule has 1 rings (SSSR count). The molecule has 0 aliphatic carbocycles. The predicted octanol–water partition coefficient (Wildman–Crippen LogP) is 1.53. The van der Waals surface area contributed by atoms with Crippen molar-refractivity contribution in [2.75, 3.05) is 38.6 Å². The number of hydrogen-bond donors (Lipinski definition) is 1. The molecule has 17 heavy (non-hydrogen) atoms. The number of aliphatic carboxylic acids is 1. The van der Waals surface area contributed by atoms with E-state index in [4.69, 9.17) is 5.11 Å². The van der Waals surface area contributed by atoms with Crippen molar-refractivity contribution in [3.63, 3.8) is 0 Å². The summed E-state index contributed by atoms with van der Waals surface area (Å²) >= 11 is 0. The van der Waals surface area contributed by atoms with Gasteiger partial charge >= 0.3 is 5.97 Å². The van der Waals surface area contributed by atoms with Crippen LogP contribution in [0, 0.1) is 0 Å². The third-order valence-corrected chi connectivity index (χ3v) is 2.48. The topological polar surface area (TPSA) is 43.8 Å². The summed E-state index contributed by atoms with van der Waals surface area (Å²) in [7, 11) is 4.04. The third kappa shape index (κ3) is 5.36. The number of nitrogens with zero attached hydrogens (tertiary/aromatic N) is 2. The summed E-state index contributed by atoms with van der Waals surface area (Å²) < 4.78 is 0. The first kappa shape index (κ1) is 13.5. The van der Waals surface area contributed by atoms with Crippen LogP contribution >= 0.6 is 0 Å². The van der Waals surface area contributed by atoms with Crippen LogP contribution in [0.1, 0.15) is 6.42 Å². The van der Waals surface area contributed by atoms with Gasteiger partial charge in [0.05, 0.1) is 0 Å². The molecule has 0 aliphatic rings. The van der Waals surface area contributed by atoms with Gasteiger partial charge in [0.25, 0.3) is 0 Å². The highest BCUT2D eigenvalue weighted by Gasteiger charge is 2.09. The van der Waals surface area contributed by atoms with Crippen molar-refractivity contribution >= 4 is 11.7 Å². The molecule has 0 bridgehead atoms. The fourth-order valence-electron chi connectivity index (χ4n) is 1.68. The Balaban J connectivity index is 2.58. The number of anilines is 1. The van der Waals surface area contributed by atoms with E-state index in [1.54, 1.807) is 0 Å². The molecular formula is C13H20N2O2. The first-order valence-corrected chi connectivity index (χ1v) is 5.76. The molecule has 0 saturated carbocycles. The molecule has 1 aromatic carbocycles. The molecule has 0 amide bonds. The molecule has 94 valence electrons. The quantitative estimate of drug-likeness (QED) is 0.779. The Morgan fingerprint density at radius 2 is 1.82 bits per heavy atom. The molecule has 0 aromatic heterocycles. The normalized spacial score (nSPS) is 10.5. The van der Waals surface area contributed by atoms with Crippen LogP contribution in [0.3, 0.4) is 0 Å². The molecule has 0 radical (unpaired) electrons. The van der Waals surface area contributed by atoms with E-state index in [-0.39, 0.29) is 6.54 Å². The minimum Gasteiger partial charge on any atom is -0.480 e. The van der Waals surface area contributed by atoms with Gasteiger partial charge in [-0.1, -0.05) is 18.2 Å². The van der Waals surface area contributed by atoms with E-state index in [1.165, 1.54) is 0 Å². The number of carboxylic acid groups (broad SMARTS) is 1. The smallest absolute Gasteiger partial charge is 0.323 e. The fourth-order valence-corrected chi connectivity index (χ4v) is 1.68. The van der Waals surface area contributed by atoms with Gasteiger partial charge in [-0.15, -0.1) is 0 Å². The van der Waals surface area contributed by atoms with Crippen molar-refractivity contribution in [2.24, 2.45) is 0 Å². The lowest BCUT2D eigenvalue weighted by Crippen LogP contribution is -2.32. The molecule has 4 nitrogen and oxygen atoms in total. The average molecular weight is 236 g/mol. The second-order valence-corrected chi connectivity index (χ2v) is 4.31. The second kappa shape index (κ2) is 6.91. The lowest BCUT2D eigenvalue weighted by atomic mass is 10.2. The summed E-state index contributed by atoms with van der Waals surface area (Å²) in [6.07, 6.45) is 0.954. The Bertz CT molecular complexity index is 339. The van der Waals surface area contributed by atoms with Gasteiger partial charge in [-0.3, -0.25) is 4.79 Å². The fraction of sp³-hybridized carbons (Fsp3) is 0.462. The van der Waals surface area contributed by atoms with Crippen LogP contribution in [-0.4, -0.2) is 49.7 Å². The number of carbonyl (C=O) groups is 1. The van der Waals surface area contributed by atoms with Gasteiger partial charge in [-0.05, 0) is 39.2 Å². The summed E-state index contributed by atoms with van der Waals surface area (Å²) in [6.45, 7) is 1.77. The standard InChI is InChI=1S/C13H20N2O2/c1-14(2)9-6-10-15(11-13(16)17)12-7-4-3-5-8-12/h3-5,7-8H,6,9-11H2,1-2H3,(H,16,17). The summed E-state index contributed by atoms with van der Waals surface area (Å²) in [6, 6.07) is 9.67. The van der Waals surface area contributed by atoms with Gasteiger partial charge in [-0.25, -0.2) is 0 Å². The minimum absolute atomic E-state index is 0.0530. The highest BCUT2D eigenvalue weighted by molar-refractivity contribution is 5.73. The number of benzene rings is 1. The van der Waals surface area contributed by atoms with Crippen LogP contribution in [0.15, 0.2) is 30.3 Å². The number of rotatable bonds is 7. The zero-order valence-corrected chi connectivity index (χ0v) is 10.5. The van der Waals surface area contributed by atoms with E-state index in [0.29, 0.717) is 0 Å². The lowest BCUT2D eigenvalue weighted by molar-refractivity contribution is -0.135. The van der Waals surface area contributed by atoms with E-state index in [2.05, 4.69) is 4.90 Å². The first-order chi connectivity index (χ1) is 8.09.